The third kappa shape index (κ3) is 3.81. The fourth-order valence-electron chi connectivity index (χ4n) is 1.20. The molecule has 0 atom stereocenters. The van der Waals surface area contributed by atoms with E-state index < -0.39 is 0 Å². The number of nitrogens with one attached hydrogen (secondary N) is 1. The molecular formula is C9H15NO. The van der Waals surface area contributed by atoms with Gasteiger partial charge in [0.05, 0.1) is 0 Å². The van der Waals surface area contributed by atoms with Crippen molar-refractivity contribution in [3.05, 3.63) is 12.2 Å². The molecule has 0 aromatic rings. The molecular weight excluding hydrogens is 138 g/mol. The van der Waals surface area contributed by atoms with Crippen molar-refractivity contribution in [2.75, 3.05) is 6.54 Å². The van der Waals surface area contributed by atoms with Gasteiger partial charge in [0.1, 0.15) is 0 Å². The molecule has 0 bridgehead atoms. The van der Waals surface area contributed by atoms with Gasteiger partial charge in [0, 0.05) is 6.54 Å². The highest BCUT2D eigenvalue weighted by Gasteiger charge is 1.96. The minimum atomic E-state index is 0.0619. The standard InChI is InChI=1S/C9H15NO/c11-9-7-5-3-1-2-4-6-8-10-9/h5,7H,1-4,6,8H2,(H,10,11)/b7-5-. The van der Waals surface area contributed by atoms with Gasteiger partial charge in [0.15, 0.2) is 0 Å². The van der Waals surface area contributed by atoms with Crippen LogP contribution >= 0.6 is 0 Å². The Bertz CT molecular complexity index is 152. The first kappa shape index (κ1) is 8.31. The lowest BCUT2D eigenvalue weighted by Gasteiger charge is -2.03. The molecule has 2 heteroatoms. The Kier molecular flexibility index (Phi) is 3.73. The molecule has 0 aromatic heterocycles. The van der Waals surface area contributed by atoms with Gasteiger partial charge in [-0.1, -0.05) is 18.9 Å². The first-order chi connectivity index (χ1) is 5.39. The normalized spacial score (nSPS) is 23.8. The maximum absolute atomic E-state index is 10.9. The van der Waals surface area contributed by atoms with Gasteiger partial charge < -0.3 is 5.32 Å². The molecule has 2 nitrogen and oxygen atoms in total. The highest BCUT2D eigenvalue weighted by molar-refractivity contribution is 5.87. The second-order valence-corrected chi connectivity index (χ2v) is 2.90. The second kappa shape index (κ2) is 4.94. The molecule has 1 heterocycles. The van der Waals surface area contributed by atoms with Crippen LogP contribution in [-0.4, -0.2) is 12.5 Å². The maximum atomic E-state index is 10.9. The number of rotatable bonds is 0. The number of carbonyl (C=O) groups is 1. The molecule has 0 aromatic carbocycles. The Balaban J connectivity index is 2.32. The summed E-state index contributed by atoms with van der Waals surface area (Å²) in [5.74, 6) is 0.0619. The lowest BCUT2D eigenvalue weighted by molar-refractivity contribution is -0.116. The molecule has 0 saturated heterocycles. The number of hydrogen-bond acceptors (Lipinski definition) is 1. The van der Waals surface area contributed by atoms with Gasteiger partial charge in [-0.05, 0) is 25.3 Å². The van der Waals surface area contributed by atoms with Crippen LogP contribution in [0.25, 0.3) is 0 Å². The molecule has 0 radical (unpaired) electrons. The summed E-state index contributed by atoms with van der Waals surface area (Å²) in [6, 6.07) is 0. The highest BCUT2D eigenvalue weighted by Crippen LogP contribution is 2.04. The summed E-state index contributed by atoms with van der Waals surface area (Å²) in [5.41, 5.74) is 0. The fraction of sp³-hybridized carbons (Fsp3) is 0.667. The number of amides is 1. The van der Waals surface area contributed by atoms with Crippen LogP contribution in [0.1, 0.15) is 32.1 Å². The zero-order chi connectivity index (χ0) is 7.94. The van der Waals surface area contributed by atoms with E-state index in [9.17, 15) is 4.79 Å². The lowest BCUT2D eigenvalue weighted by Crippen LogP contribution is -2.22. The quantitative estimate of drug-likeness (QED) is 0.563. The summed E-state index contributed by atoms with van der Waals surface area (Å²) in [7, 11) is 0. The summed E-state index contributed by atoms with van der Waals surface area (Å²) in [6.45, 7) is 0.836. The first-order valence-corrected chi connectivity index (χ1v) is 4.34. The average molecular weight is 153 g/mol. The van der Waals surface area contributed by atoms with E-state index in [1.165, 1.54) is 19.3 Å². The lowest BCUT2D eigenvalue weighted by atomic mass is 10.1. The van der Waals surface area contributed by atoms with Crippen LogP contribution in [0.4, 0.5) is 0 Å². The van der Waals surface area contributed by atoms with Crippen LogP contribution in [0.5, 0.6) is 0 Å². The monoisotopic (exact) mass is 153 g/mol. The largest absolute Gasteiger partial charge is 0.353 e. The molecule has 1 rings (SSSR count). The molecule has 62 valence electrons. The van der Waals surface area contributed by atoms with Gasteiger partial charge in [-0.25, -0.2) is 0 Å². The van der Waals surface area contributed by atoms with Crippen molar-refractivity contribution < 1.29 is 4.79 Å². The smallest absolute Gasteiger partial charge is 0.243 e. The Morgan fingerprint density at radius 2 is 2.00 bits per heavy atom. The molecule has 0 saturated carbocycles. The third-order valence-electron chi connectivity index (χ3n) is 1.87. The van der Waals surface area contributed by atoms with Crippen molar-refractivity contribution in [3.8, 4) is 0 Å². The van der Waals surface area contributed by atoms with Gasteiger partial charge in [-0.15, -0.1) is 0 Å². The van der Waals surface area contributed by atoms with Crippen LogP contribution in [0.2, 0.25) is 0 Å². The van der Waals surface area contributed by atoms with Crippen molar-refractivity contribution >= 4 is 5.91 Å². The zero-order valence-electron chi connectivity index (χ0n) is 6.81. The molecule has 1 aliphatic rings. The van der Waals surface area contributed by atoms with E-state index in [4.69, 9.17) is 0 Å². The van der Waals surface area contributed by atoms with E-state index in [0.717, 1.165) is 19.4 Å². The predicted octanol–water partition coefficient (Wildman–Crippen LogP) is 1.62. The Labute approximate surface area is 67.7 Å². The molecule has 0 aliphatic carbocycles. The van der Waals surface area contributed by atoms with E-state index in [0.29, 0.717) is 0 Å². The van der Waals surface area contributed by atoms with Gasteiger partial charge in [0.25, 0.3) is 0 Å². The number of hydrogen-bond donors (Lipinski definition) is 1. The second-order valence-electron chi connectivity index (χ2n) is 2.90. The molecule has 11 heavy (non-hydrogen) atoms. The molecule has 0 unspecified atom stereocenters. The maximum Gasteiger partial charge on any atom is 0.243 e. The van der Waals surface area contributed by atoms with Gasteiger partial charge >= 0.3 is 0 Å². The summed E-state index contributed by atoms with van der Waals surface area (Å²) in [5, 5.41) is 2.83. The molecule has 1 amide bonds. The molecule has 0 spiro atoms. The Hall–Kier alpha value is -0.790. The van der Waals surface area contributed by atoms with Crippen molar-refractivity contribution in [1.82, 2.24) is 5.32 Å². The van der Waals surface area contributed by atoms with E-state index in [2.05, 4.69) is 5.32 Å². The van der Waals surface area contributed by atoms with E-state index in [1.807, 2.05) is 6.08 Å². The predicted molar refractivity (Wildman–Crippen MR) is 45.2 cm³/mol. The van der Waals surface area contributed by atoms with Crippen LogP contribution in [0.3, 0.4) is 0 Å². The Morgan fingerprint density at radius 3 is 2.91 bits per heavy atom. The summed E-state index contributed by atoms with van der Waals surface area (Å²) >= 11 is 0. The average Bonchev–Trinajstić information content (AvgIpc) is 2.03. The van der Waals surface area contributed by atoms with Crippen LogP contribution in [0.15, 0.2) is 12.2 Å². The van der Waals surface area contributed by atoms with Gasteiger partial charge in [-0.2, -0.15) is 0 Å². The topological polar surface area (TPSA) is 29.1 Å². The molecule has 1 aliphatic heterocycles. The minimum Gasteiger partial charge on any atom is -0.353 e. The SMILES string of the molecule is O=C1/C=C\CCCCCCN1. The van der Waals surface area contributed by atoms with Crippen molar-refractivity contribution in [2.45, 2.75) is 32.1 Å². The van der Waals surface area contributed by atoms with E-state index in [1.54, 1.807) is 6.08 Å². The summed E-state index contributed by atoms with van der Waals surface area (Å²) in [6.07, 6.45) is 9.54. The van der Waals surface area contributed by atoms with E-state index in [-0.39, 0.29) is 5.91 Å². The zero-order valence-corrected chi connectivity index (χ0v) is 6.81. The minimum absolute atomic E-state index is 0.0619. The Morgan fingerprint density at radius 1 is 1.18 bits per heavy atom. The van der Waals surface area contributed by atoms with Gasteiger partial charge in [-0.3, -0.25) is 4.79 Å². The fourth-order valence-corrected chi connectivity index (χ4v) is 1.20. The van der Waals surface area contributed by atoms with Gasteiger partial charge in [0.2, 0.25) is 5.91 Å². The van der Waals surface area contributed by atoms with Crippen molar-refractivity contribution in [3.63, 3.8) is 0 Å². The van der Waals surface area contributed by atoms with E-state index >= 15 is 0 Å². The number of allylic oxidation sites excluding steroid dienone is 1. The summed E-state index contributed by atoms with van der Waals surface area (Å²) in [4.78, 5) is 10.9. The van der Waals surface area contributed by atoms with Crippen molar-refractivity contribution in [2.24, 2.45) is 0 Å². The van der Waals surface area contributed by atoms with Crippen LogP contribution in [-0.2, 0) is 4.79 Å². The third-order valence-corrected chi connectivity index (χ3v) is 1.87. The number of carbonyl (C=O) groups excluding carboxylic acids is 1. The molecule has 1 N–H and O–H groups in total. The van der Waals surface area contributed by atoms with Crippen molar-refractivity contribution in [1.29, 1.82) is 0 Å². The van der Waals surface area contributed by atoms with Crippen LogP contribution < -0.4 is 5.32 Å². The highest BCUT2D eigenvalue weighted by atomic mass is 16.1. The molecule has 0 fully saturated rings. The summed E-state index contributed by atoms with van der Waals surface area (Å²) < 4.78 is 0. The van der Waals surface area contributed by atoms with Crippen LogP contribution in [0, 0.1) is 0 Å². The first-order valence-electron chi connectivity index (χ1n) is 4.34.